The van der Waals surface area contributed by atoms with Crippen LogP contribution in [0.3, 0.4) is 0 Å². The third kappa shape index (κ3) is 6.78. The SMILES string of the molecule is CCOC(=O)C1=C(C)NC(=O)N[C@@H]1c1ccc(OCC(=O)N/N=C\c2ccc(OC)cc2C)c(OC)c1. The van der Waals surface area contributed by atoms with E-state index < -0.39 is 23.9 Å². The molecule has 2 aromatic rings. The van der Waals surface area contributed by atoms with Crippen molar-refractivity contribution in [1.29, 1.82) is 0 Å². The van der Waals surface area contributed by atoms with Gasteiger partial charge in [0.15, 0.2) is 18.1 Å². The fourth-order valence-corrected chi connectivity index (χ4v) is 3.68. The van der Waals surface area contributed by atoms with Crippen molar-refractivity contribution in [2.75, 3.05) is 27.4 Å². The largest absolute Gasteiger partial charge is 0.497 e. The van der Waals surface area contributed by atoms with Crippen molar-refractivity contribution in [3.63, 3.8) is 0 Å². The number of aryl methyl sites for hydroxylation is 1. The number of allylic oxidation sites excluding steroid dienone is 1. The number of carbonyl (C=O) groups excluding carboxylic acids is 3. The standard InChI is InChI=1S/C26H30N4O7/c1-6-36-25(32)23-16(3)28-26(33)29-24(23)17-8-10-20(21(12-17)35-5)37-14-22(31)30-27-13-18-7-9-19(34-4)11-15(18)2/h7-13,24H,6,14H2,1-5H3,(H,30,31)(H2,28,29,33)/b27-13-/t24-/m1/s1. The van der Waals surface area contributed by atoms with Crippen LogP contribution in [0.5, 0.6) is 17.2 Å². The molecule has 0 radical (unpaired) electrons. The second-order valence-corrected chi connectivity index (χ2v) is 8.01. The van der Waals surface area contributed by atoms with Gasteiger partial charge in [-0.05, 0) is 67.8 Å². The number of methoxy groups -OCH3 is 2. The Bertz CT molecular complexity index is 1240. The van der Waals surface area contributed by atoms with Gasteiger partial charge in [-0.15, -0.1) is 0 Å². The first-order chi connectivity index (χ1) is 17.8. The third-order valence-corrected chi connectivity index (χ3v) is 5.51. The summed E-state index contributed by atoms with van der Waals surface area (Å²) in [5, 5.41) is 9.29. The highest BCUT2D eigenvalue weighted by atomic mass is 16.5. The quantitative estimate of drug-likeness (QED) is 0.254. The Labute approximate surface area is 214 Å². The number of amides is 3. The average Bonchev–Trinajstić information content (AvgIpc) is 2.87. The number of carbonyl (C=O) groups is 3. The Kier molecular flexibility index (Phi) is 9.09. The van der Waals surface area contributed by atoms with E-state index in [1.54, 1.807) is 45.2 Å². The van der Waals surface area contributed by atoms with Crippen LogP contribution in [0.25, 0.3) is 0 Å². The van der Waals surface area contributed by atoms with Gasteiger partial charge in [0.05, 0.1) is 38.7 Å². The number of urea groups is 1. The lowest BCUT2D eigenvalue weighted by Crippen LogP contribution is -2.45. The first-order valence-corrected chi connectivity index (χ1v) is 11.5. The van der Waals surface area contributed by atoms with Gasteiger partial charge in [0.2, 0.25) is 0 Å². The molecule has 1 atom stereocenters. The topological polar surface area (TPSA) is 137 Å². The van der Waals surface area contributed by atoms with Crippen molar-refractivity contribution in [3.8, 4) is 17.2 Å². The summed E-state index contributed by atoms with van der Waals surface area (Å²) in [4.78, 5) is 36.8. The van der Waals surface area contributed by atoms with Gasteiger partial charge in [-0.1, -0.05) is 6.07 Å². The van der Waals surface area contributed by atoms with Crippen LogP contribution >= 0.6 is 0 Å². The van der Waals surface area contributed by atoms with Crippen LogP contribution in [-0.4, -0.2) is 51.6 Å². The molecule has 1 aliphatic rings. The highest BCUT2D eigenvalue weighted by Crippen LogP contribution is 2.34. The number of ether oxygens (including phenoxy) is 4. The van der Waals surface area contributed by atoms with Crippen molar-refractivity contribution in [2.45, 2.75) is 26.8 Å². The van der Waals surface area contributed by atoms with Crippen molar-refractivity contribution in [3.05, 3.63) is 64.4 Å². The zero-order valence-corrected chi connectivity index (χ0v) is 21.3. The van der Waals surface area contributed by atoms with E-state index in [-0.39, 0.29) is 18.8 Å². The smallest absolute Gasteiger partial charge is 0.338 e. The molecule has 0 saturated carbocycles. The lowest BCUT2D eigenvalue weighted by atomic mass is 9.95. The van der Waals surface area contributed by atoms with Gasteiger partial charge in [-0.2, -0.15) is 5.10 Å². The maximum absolute atomic E-state index is 12.5. The Morgan fingerprint density at radius 3 is 2.54 bits per heavy atom. The van der Waals surface area contributed by atoms with E-state index in [1.165, 1.54) is 13.3 Å². The minimum atomic E-state index is -0.755. The summed E-state index contributed by atoms with van der Waals surface area (Å²) in [5.41, 5.74) is 5.44. The predicted molar refractivity (Wildman–Crippen MR) is 136 cm³/mol. The number of rotatable bonds is 10. The minimum Gasteiger partial charge on any atom is -0.497 e. The predicted octanol–water partition coefficient (Wildman–Crippen LogP) is 2.73. The molecule has 0 fully saturated rings. The van der Waals surface area contributed by atoms with Crippen molar-refractivity contribution in [2.24, 2.45) is 5.10 Å². The van der Waals surface area contributed by atoms with Crippen molar-refractivity contribution >= 4 is 24.1 Å². The number of nitrogens with zero attached hydrogens (tertiary/aromatic N) is 1. The molecule has 3 amide bonds. The summed E-state index contributed by atoms with van der Waals surface area (Å²) in [6.45, 7) is 5.12. The van der Waals surface area contributed by atoms with Gasteiger partial charge >= 0.3 is 12.0 Å². The molecule has 0 spiro atoms. The lowest BCUT2D eigenvalue weighted by Gasteiger charge is -2.28. The molecule has 1 aliphatic heterocycles. The van der Waals surface area contributed by atoms with E-state index in [1.807, 2.05) is 19.1 Å². The maximum atomic E-state index is 12.5. The number of nitrogens with one attached hydrogen (secondary N) is 3. The fourth-order valence-electron chi connectivity index (χ4n) is 3.68. The molecule has 0 unspecified atom stereocenters. The van der Waals surface area contributed by atoms with Gasteiger partial charge < -0.3 is 29.6 Å². The lowest BCUT2D eigenvalue weighted by molar-refractivity contribution is -0.139. The first-order valence-electron chi connectivity index (χ1n) is 11.5. The number of hydrazone groups is 1. The van der Waals surface area contributed by atoms with Gasteiger partial charge in [0.1, 0.15) is 5.75 Å². The molecule has 196 valence electrons. The molecule has 3 rings (SSSR count). The monoisotopic (exact) mass is 510 g/mol. The van der Waals surface area contributed by atoms with Crippen LogP contribution in [0.2, 0.25) is 0 Å². The van der Waals surface area contributed by atoms with Gasteiger partial charge in [-0.25, -0.2) is 15.0 Å². The minimum absolute atomic E-state index is 0.193. The van der Waals surface area contributed by atoms with E-state index in [0.717, 1.165) is 16.9 Å². The molecule has 37 heavy (non-hydrogen) atoms. The Balaban J connectivity index is 1.68. The normalized spacial score (nSPS) is 15.1. The molecule has 0 aliphatic carbocycles. The summed E-state index contributed by atoms with van der Waals surface area (Å²) in [6.07, 6.45) is 1.53. The number of benzene rings is 2. The number of esters is 1. The molecule has 0 bridgehead atoms. The number of hydrogen-bond acceptors (Lipinski definition) is 8. The van der Waals surface area contributed by atoms with E-state index >= 15 is 0 Å². The zero-order chi connectivity index (χ0) is 26.9. The zero-order valence-electron chi connectivity index (χ0n) is 21.3. The van der Waals surface area contributed by atoms with Crippen LogP contribution in [0, 0.1) is 6.92 Å². The van der Waals surface area contributed by atoms with Crippen LogP contribution in [0.1, 0.15) is 36.6 Å². The second kappa shape index (κ2) is 12.4. The van der Waals surface area contributed by atoms with E-state index in [9.17, 15) is 14.4 Å². The van der Waals surface area contributed by atoms with Crippen molar-refractivity contribution < 1.29 is 33.3 Å². The van der Waals surface area contributed by atoms with Gasteiger partial charge in [-0.3, -0.25) is 4.79 Å². The first kappa shape index (κ1) is 27.1. The summed E-state index contributed by atoms with van der Waals surface area (Å²) < 4.78 is 21.4. The maximum Gasteiger partial charge on any atom is 0.338 e. The summed E-state index contributed by atoms with van der Waals surface area (Å²) >= 11 is 0. The van der Waals surface area contributed by atoms with Crippen LogP contribution in [-0.2, 0) is 14.3 Å². The van der Waals surface area contributed by atoms with Crippen LogP contribution < -0.4 is 30.3 Å². The number of hydrogen-bond donors (Lipinski definition) is 3. The molecular formula is C26H30N4O7. The summed E-state index contributed by atoms with van der Waals surface area (Å²) in [6, 6.07) is 9.19. The molecule has 0 aromatic heterocycles. The van der Waals surface area contributed by atoms with E-state index in [0.29, 0.717) is 22.8 Å². The molecule has 2 aromatic carbocycles. The Hall–Kier alpha value is -4.54. The fraction of sp³-hybridized carbons (Fsp3) is 0.308. The molecular weight excluding hydrogens is 480 g/mol. The van der Waals surface area contributed by atoms with E-state index in [4.69, 9.17) is 18.9 Å². The Morgan fingerprint density at radius 2 is 1.86 bits per heavy atom. The Morgan fingerprint density at radius 1 is 1.08 bits per heavy atom. The van der Waals surface area contributed by atoms with E-state index in [2.05, 4.69) is 21.2 Å². The second-order valence-electron chi connectivity index (χ2n) is 8.01. The third-order valence-electron chi connectivity index (χ3n) is 5.51. The molecule has 11 heteroatoms. The molecule has 11 nitrogen and oxygen atoms in total. The van der Waals surface area contributed by atoms with Crippen LogP contribution in [0.15, 0.2) is 52.8 Å². The van der Waals surface area contributed by atoms with Crippen molar-refractivity contribution in [1.82, 2.24) is 16.1 Å². The highest BCUT2D eigenvalue weighted by Gasteiger charge is 2.32. The van der Waals surface area contributed by atoms with Gasteiger partial charge in [0.25, 0.3) is 5.91 Å². The average molecular weight is 511 g/mol. The summed E-state index contributed by atoms with van der Waals surface area (Å²) in [5.74, 6) is 0.338. The molecule has 1 heterocycles. The molecule has 3 N–H and O–H groups in total. The van der Waals surface area contributed by atoms with Crippen LogP contribution in [0.4, 0.5) is 4.79 Å². The molecule has 0 saturated heterocycles. The van der Waals surface area contributed by atoms with Gasteiger partial charge in [0, 0.05) is 5.70 Å². The summed E-state index contributed by atoms with van der Waals surface area (Å²) in [7, 11) is 3.04. The highest BCUT2D eigenvalue weighted by molar-refractivity contribution is 5.95.